The third kappa shape index (κ3) is 3.30. The molecule has 5 nitrogen and oxygen atoms in total. The lowest BCUT2D eigenvalue weighted by atomic mass is 10.1. The summed E-state index contributed by atoms with van der Waals surface area (Å²) in [5.74, 6) is 2.43. The third-order valence-corrected chi connectivity index (χ3v) is 3.89. The number of ether oxygens (including phenoxy) is 2. The van der Waals surface area contributed by atoms with E-state index in [0.29, 0.717) is 11.8 Å². The Balaban J connectivity index is 1.46. The molecule has 0 bridgehead atoms. The van der Waals surface area contributed by atoms with Gasteiger partial charge in [-0.2, -0.15) is 0 Å². The van der Waals surface area contributed by atoms with Gasteiger partial charge in [0.2, 0.25) is 5.89 Å². The maximum atomic E-state index is 5.77. The quantitative estimate of drug-likeness (QED) is 0.539. The van der Waals surface area contributed by atoms with Gasteiger partial charge in [-0.05, 0) is 47.2 Å². The van der Waals surface area contributed by atoms with Crippen LogP contribution in [0, 0.1) is 0 Å². The lowest BCUT2D eigenvalue weighted by molar-refractivity contribution is 0.265. The van der Waals surface area contributed by atoms with E-state index in [1.165, 1.54) is 5.39 Å². The first-order valence-electron chi connectivity index (χ1n) is 7.90. The zero-order valence-corrected chi connectivity index (χ0v) is 13.7. The van der Waals surface area contributed by atoms with E-state index in [2.05, 4.69) is 22.3 Å². The highest BCUT2D eigenvalue weighted by atomic mass is 16.5. The summed E-state index contributed by atoms with van der Waals surface area (Å²) in [5.41, 5.74) is 0.838. The van der Waals surface area contributed by atoms with Gasteiger partial charge >= 0.3 is 0 Å². The summed E-state index contributed by atoms with van der Waals surface area (Å²) >= 11 is 0. The Morgan fingerprint density at radius 1 is 0.840 bits per heavy atom. The molecular weight excluding hydrogens is 316 g/mol. The topological polar surface area (TPSA) is 57.4 Å². The molecule has 0 saturated carbocycles. The van der Waals surface area contributed by atoms with Crippen molar-refractivity contribution < 1.29 is 13.9 Å². The van der Waals surface area contributed by atoms with E-state index >= 15 is 0 Å². The van der Waals surface area contributed by atoms with Crippen LogP contribution in [0.5, 0.6) is 11.5 Å². The molecule has 0 aliphatic carbocycles. The zero-order valence-electron chi connectivity index (χ0n) is 13.7. The molecule has 5 heteroatoms. The van der Waals surface area contributed by atoms with Crippen molar-refractivity contribution in [3.05, 3.63) is 72.6 Å². The molecule has 0 radical (unpaired) electrons. The standard InChI is InChI=1S/C20H16N2O3/c1-23-17-9-7-15(8-10-17)20-22-21-19(25-20)13-24-18-11-6-14-4-2-3-5-16(14)12-18/h2-12H,13H2,1H3. The molecule has 124 valence electrons. The lowest BCUT2D eigenvalue weighted by Gasteiger charge is -2.04. The second-order valence-corrected chi connectivity index (χ2v) is 5.53. The molecule has 0 spiro atoms. The van der Waals surface area contributed by atoms with Crippen LogP contribution in [0.2, 0.25) is 0 Å². The van der Waals surface area contributed by atoms with Gasteiger partial charge in [0.25, 0.3) is 5.89 Å². The molecule has 0 saturated heterocycles. The molecule has 0 aliphatic heterocycles. The van der Waals surface area contributed by atoms with Gasteiger partial charge in [0, 0.05) is 5.56 Å². The number of rotatable bonds is 5. The van der Waals surface area contributed by atoms with Gasteiger partial charge in [-0.15, -0.1) is 10.2 Å². The van der Waals surface area contributed by atoms with E-state index in [1.807, 2.05) is 54.6 Å². The third-order valence-electron chi connectivity index (χ3n) is 3.89. The minimum absolute atomic E-state index is 0.224. The highest BCUT2D eigenvalue weighted by molar-refractivity contribution is 5.83. The average molecular weight is 332 g/mol. The largest absolute Gasteiger partial charge is 0.497 e. The van der Waals surface area contributed by atoms with Gasteiger partial charge in [0.15, 0.2) is 6.61 Å². The van der Waals surface area contributed by atoms with Crippen molar-refractivity contribution in [2.45, 2.75) is 6.61 Å². The summed E-state index contributed by atoms with van der Waals surface area (Å²) in [4.78, 5) is 0. The lowest BCUT2D eigenvalue weighted by Crippen LogP contribution is -1.95. The number of aromatic nitrogens is 2. The molecule has 25 heavy (non-hydrogen) atoms. The van der Waals surface area contributed by atoms with Crippen molar-refractivity contribution in [2.24, 2.45) is 0 Å². The summed E-state index contributed by atoms with van der Waals surface area (Å²) in [5, 5.41) is 10.4. The Morgan fingerprint density at radius 2 is 1.60 bits per heavy atom. The van der Waals surface area contributed by atoms with E-state index in [9.17, 15) is 0 Å². The number of hydrogen-bond acceptors (Lipinski definition) is 5. The van der Waals surface area contributed by atoms with Crippen LogP contribution in [0.4, 0.5) is 0 Å². The van der Waals surface area contributed by atoms with E-state index < -0.39 is 0 Å². The first-order chi connectivity index (χ1) is 12.3. The van der Waals surface area contributed by atoms with Gasteiger partial charge in [-0.1, -0.05) is 30.3 Å². The first kappa shape index (κ1) is 15.2. The second-order valence-electron chi connectivity index (χ2n) is 5.53. The van der Waals surface area contributed by atoms with E-state index in [0.717, 1.165) is 22.4 Å². The first-order valence-corrected chi connectivity index (χ1v) is 7.90. The number of methoxy groups -OCH3 is 1. The normalized spacial score (nSPS) is 10.8. The van der Waals surface area contributed by atoms with Crippen molar-refractivity contribution in [3.63, 3.8) is 0 Å². The molecule has 4 rings (SSSR count). The Kier molecular flexibility index (Phi) is 4.04. The van der Waals surface area contributed by atoms with Crippen molar-refractivity contribution in [2.75, 3.05) is 7.11 Å². The molecule has 0 aliphatic rings. The van der Waals surface area contributed by atoms with Crippen LogP contribution >= 0.6 is 0 Å². The van der Waals surface area contributed by atoms with Gasteiger partial charge < -0.3 is 13.9 Å². The predicted octanol–water partition coefficient (Wildman–Crippen LogP) is 4.48. The highest BCUT2D eigenvalue weighted by Gasteiger charge is 2.09. The smallest absolute Gasteiger partial charge is 0.254 e. The molecule has 0 N–H and O–H groups in total. The van der Waals surface area contributed by atoms with Crippen LogP contribution in [0.25, 0.3) is 22.2 Å². The summed E-state index contributed by atoms with van der Waals surface area (Å²) in [6.45, 7) is 0.224. The fourth-order valence-corrected chi connectivity index (χ4v) is 2.56. The molecule has 0 amide bonds. The number of nitrogens with zero attached hydrogens (tertiary/aromatic N) is 2. The molecule has 3 aromatic carbocycles. The fraction of sp³-hybridized carbons (Fsp3) is 0.100. The molecule has 4 aromatic rings. The minimum atomic E-state index is 0.224. The fourth-order valence-electron chi connectivity index (χ4n) is 2.56. The second kappa shape index (κ2) is 6.65. The van der Waals surface area contributed by atoms with E-state index in [-0.39, 0.29) is 6.61 Å². The monoisotopic (exact) mass is 332 g/mol. The van der Waals surface area contributed by atoms with Gasteiger partial charge in [-0.25, -0.2) is 0 Å². The van der Waals surface area contributed by atoms with E-state index in [4.69, 9.17) is 13.9 Å². The van der Waals surface area contributed by atoms with Gasteiger partial charge in [-0.3, -0.25) is 0 Å². The minimum Gasteiger partial charge on any atom is -0.497 e. The summed E-state index contributed by atoms with van der Waals surface area (Å²) in [6.07, 6.45) is 0. The molecule has 0 unspecified atom stereocenters. The maximum absolute atomic E-state index is 5.77. The summed E-state index contributed by atoms with van der Waals surface area (Å²) in [7, 11) is 1.63. The Hall–Kier alpha value is -3.34. The molecule has 1 heterocycles. The van der Waals surface area contributed by atoms with Crippen LogP contribution in [0.15, 0.2) is 71.1 Å². The Labute approximate surface area is 144 Å². The van der Waals surface area contributed by atoms with Crippen LogP contribution in [-0.4, -0.2) is 17.3 Å². The Morgan fingerprint density at radius 3 is 2.40 bits per heavy atom. The van der Waals surface area contributed by atoms with Crippen molar-refractivity contribution in [1.29, 1.82) is 0 Å². The molecule has 0 atom stereocenters. The van der Waals surface area contributed by atoms with Crippen molar-refractivity contribution in [1.82, 2.24) is 10.2 Å². The number of hydrogen-bond donors (Lipinski definition) is 0. The van der Waals surface area contributed by atoms with Gasteiger partial charge in [0.05, 0.1) is 7.11 Å². The van der Waals surface area contributed by atoms with Crippen LogP contribution in [-0.2, 0) is 6.61 Å². The molecular formula is C20H16N2O3. The number of benzene rings is 3. The average Bonchev–Trinajstić information content (AvgIpc) is 3.15. The van der Waals surface area contributed by atoms with Gasteiger partial charge in [0.1, 0.15) is 11.5 Å². The zero-order chi connectivity index (χ0) is 17.1. The molecule has 1 aromatic heterocycles. The van der Waals surface area contributed by atoms with Crippen molar-refractivity contribution in [3.8, 4) is 23.0 Å². The maximum Gasteiger partial charge on any atom is 0.254 e. The van der Waals surface area contributed by atoms with E-state index in [1.54, 1.807) is 7.11 Å². The van der Waals surface area contributed by atoms with Crippen molar-refractivity contribution >= 4 is 10.8 Å². The van der Waals surface area contributed by atoms with Crippen LogP contribution in [0.1, 0.15) is 5.89 Å². The SMILES string of the molecule is COc1ccc(-c2nnc(COc3ccc4ccccc4c3)o2)cc1. The number of fused-ring (bicyclic) bond motifs is 1. The highest BCUT2D eigenvalue weighted by Crippen LogP contribution is 2.23. The Bertz CT molecular complexity index is 993. The van der Waals surface area contributed by atoms with Crippen LogP contribution in [0.3, 0.4) is 0 Å². The summed E-state index contributed by atoms with van der Waals surface area (Å²) < 4.78 is 16.6. The van der Waals surface area contributed by atoms with Crippen LogP contribution < -0.4 is 9.47 Å². The summed E-state index contributed by atoms with van der Waals surface area (Å²) in [6, 6.07) is 21.6. The molecule has 0 fully saturated rings. The predicted molar refractivity (Wildman–Crippen MR) is 94.6 cm³/mol.